The third-order valence-electron chi connectivity index (χ3n) is 6.25. The van der Waals surface area contributed by atoms with E-state index in [4.69, 9.17) is 14.2 Å². The zero-order valence-corrected chi connectivity index (χ0v) is 19.8. The lowest BCUT2D eigenvalue weighted by atomic mass is 9.98. The Morgan fingerprint density at radius 2 is 1.63 bits per heavy atom. The van der Waals surface area contributed by atoms with Gasteiger partial charge in [-0.1, -0.05) is 30.7 Å². The lowest BCUT2D eigenvalue weighted by Crippen LogP contribution is -2.58. The Labute approximate surface area is 205 Å². The molecule has 1 saturated heterocycles. The van der Waals surface area contributed by atoms with Crippen LogP contribution in [0.25, 0.3) is 0 Å². The van der Waals surface area contributed by atoms with Gasteiger partial charge in [0.05, 0.1) is 6.42 Å². The van der Waals surface area contributed by atoms with E-state index in [0.717, 1.165) is 37.9 Å². The van der Waals surface area contributed by atoms with Crippen LogP contribution in [0.4, 0.5) is 0 Å². The monoisotopic (exact) mass is 480 g/mol. The van der Waals surface area contributed by atoms with E-state index in [9.17, 15) is 14.4 Å². The number of benzene rings is 2. The van der Waals surface area contributed by atoms with Gasteiger partial charge in [0, 0.05) is 18.7 Å². The summed E-state index contributed by atoms with van der Waals surface area (Å²) in [5.41, 5.74) is 0.395. The number of piperazine rings is 1. The second-order valence-corrected chi connectivity index (χ2v) is 8.80. The van der Waals surface area contributed by atoms with Crippen LogP contribution in [-0.4, -0.2) is 61.1 Å². The van der Waals surface area contributed by atoms with E-state index in [-0.39, 0.29) is 24.3 Å². The Morgan fingerprint density at radius 3 is 2.40 bits per heavy atom. The Hall–Kier alpha value is -3.55. The molecule has 1 aliphatic heterocycles. The Kier molecular flexibility index (Phi) is 8.59. The Bertz CT molecular complexity index is 1010. The second kappa shape index (κ2) is 12.2. The predicted octanol–water partition coefficient (Wildman–Crippen LogP) is 3.35. The molecule has 2 amide bonds. The third-order valence-corrected chi connectivity index (χ3v) is 6.25. The quantitative estimate of drug-likeness (QED) is 0.437. The van der Waals surface area contributed by atoms with Crippen LogP contribution in [0.5, 0.6) is 11.5 Å². The van der Waals surface area contributed by atoms with Crippen molar-refractivity contribution in [3.8, 4) is 11.5 Å². The number of carbonyl (C=O) groups is 3. The molecule has 186 valence electrons. The average Bonchev–Trinajstić information content (AvgIpc) is 2.89. The first kappa shape index (κ1) is 24.6. The third kappa shape index (κ3) is 6.97. The molecule has 8 heteroatoms. The molecule has 1 aliphatic carbocycles. The largest absolute Gasteiger partial charge is 0.490 e. The summed E-state index contributed by atoms with van der Waals surface area (Å²) in [6.07, 6.45) is 4.72. The van der Waals surface area contributed by atoms with E-state index >= 15 is 0 Å². The molecule has 8 nitrogen and oxygen atoms in total. The molecule has 4 rings (SSSR count). The summed E-state index contributed by atoms with van der Waals surface area (Å²) in [6, 6.07) is 15.4. The van der Waals surface area contributed by atoms with Gasteiger partial charge < -0.3 is 24.4 Å². The van der Waals surface area contributed by atoms with Crippen molar-refractivity contribution in [2.24, 2.45) is 0 Å². The molecule has 0 bridgehead atoms. The molecule has 2 aliphatic rings. The zero-order valence-electron chi connectivity index (χ0n) is 19.8. The smallest absolute Gasteiger partial charge is 0.308 e. The summed E-state index contributed by atoms with van der Waals surface area (Å²) in [6.45, 7) is 1.33. The number of amides is 2. The number of hydrogen-bond donors (Lipinski definition) is 1. The van der Waals surface area contributed by atoms with Crippen molar-refractivity contribution in [1.82, 2.24) is 10.2 Å². The maximum absolute atomic E-state index is 13.3. The van der Waals surface area contributed by atoms with Crippen molar-refractivity contribution in [2.45, 2.75) is 50.7 Å². The lowest BCUT2D eigenvalue weighted by Gasteiger charge is -2.35. The van der Waals surface area contributed by atoms with Gasteiger partial charge in [-0.2, -0.15) is 0 Å². The number of nitrogens with zero attached hydrogens (tertiary/aromatic N) is 1. The number of ether oxygens (including phenoxy) is 3. The Balaban J connectivity index is 1.34. The molecule has 1 saturated carbocycles. The SMILES string of the molecule is O=C(CC1C(=O)NCCN1C(=O)c1cccc(OCCOc2ccccc2)c1)OC1CCCCC1. The number of para-hydroxylation sites is 1. The van der Waals surface area contributed by atoms with E-state index in [1.807, 2.05) is 30.3 Å². The highest BCUT2D eigenvalue weighted by Gasteiger charge is 2.36. The Morgan fingerprint density at radius 1 is 0.914 bits per heavy atom. The number of hydrogen-bond acceptors (Lipinski definition) is 6. The summed E-state index contributed by atoms with van der Waals surface area (Å²) in [5, 5.41) is 2.76. The minimum Gasteiger partial charge on any atom is -0.490 e. The number of esters is 1. The first-order valence-corrected chi connectivity index (χ1v) is 12.3. The highest BCUT2D eigenvalue weighted by atomic mass is 16.5. The van der Waals surface area contributed by atoms with Crippen molar-refractivity contribution in [1.29, 1.82) is 0 Å². The molecule has 2 aromatic carbocycles. The fourth-order valence-electron chi connectivity index (χ4n) is 4.46. The van der Waals surface area contributed by atoms with Gasteiger partial charge in [-0.25, -0.2) is 0 Å². The molecule has 35 heavy (non-hydrogen) atoms. The minimum absolute atomic E-state index is 0.0910. The van der Waals surface area contributed by atoms with Crippen molar-refractivity contribution in [3.63, 3.8) is 0 Å². The fraction of sp³-hybridized carbons (Fsp3) is 0.444. The van der Waals surface area contributed by atoms with Gasteiger partial charge in [-0.3, -0.25) is 14.4 Å². The number of carbonyl (C=O) groups excluding carboxylic acids is 3. The maximum Gasteiger partial charge on any atom is 0.308 e. The molecule has 1 unspecified atom stereocenters. The average molecular weight is 481 g/mol. The highest BCUT2D eigenvalue weighted by Crippen LogP contribution is 2.23. The number of nitrogens with one attached hydrogen (secondary N) is 1. The standard InChI is InChI=1S/C27H32N2O6/c30-25(35-22-11-5-2-6-12-22)19-24-26(31)28-14-15-29(24)27(32)20-8-7-13-23(18-20)34-17-16-33-21-9-3-1-4-10-21/h1,3-4,7-10,13,18,22,24H,2,5-6,11-12,14-17,19H2,(H,28,31). The molecule has 2 fully saturated rings. The van der Waals surface area contributed by atoms with Crippen LogP contribution in [0.2, 0.25) is 0 Å². The van der Waals surface area contributed by atoms with Crippen LogP contribution in [0.15, 0.2) is 54.6 Å². The fourth-order valence-corrected chi connectivity index (χ4v) is 4.46. The molecular weight excluding hydrogens is 448 g/mol. The van der Waals surface area contributed by atoms with E-state index < -0.39 is 12.0 Å². The first-order chi connectivity index (χ1) is 17.1. The molecule has 0 radical (unpaired) electrons. The molecule has 2 aromatic rings. The van der Waals surface area contributed by atoms with Crippen LogP contribution in [0.3, 0.4) is 0 Å². The van der Waals surface area contributed by atoms with Crippen LogP contribution >= 0.6 is 0 Å². The van der Waals surface area contributed by atoms with Gasteiger partial charge in [0.1, 0.15) is 36.9 Å². The lowest BCUT2D eigenvalue weighted by molar-refractivity contribution is -0.153. The highest BCUT2D eigenvalue weighted by molar-refractivity contribution is 5.99. The minimum atomic E-state index is -0.892. The topological polar surface area (TPSA) is 94.2 Å². The number of rotatable bonds is 9. The second-order valence-electron chi connectivity index (χ2n) is 8.80. The van der Waals surface area contributed by atoms with E-state index in [0.29, 0.717) is 37.6 Å². The zero-order chi connectivity index (χ0) is 24.5. The van der Waals surface area contributed by atoms with Gasteiger partial charge in [-0.15, -0.1) is 0 Å². The first-order valence-electron chi connectivity index (χ1n) is 12.3. The molecule has 0 aromatic heterocycles. The normalized spacial score (nSPS) is 18.5. The van der Waals surface area contributed by atoms with Gasteiger partial charge in [-0.05, 0) is 56.0 Å². The van der Waals surface area contributed by atoms with E-state index in [1.54, 1.807) is 24.3 Å². The molecule has 1 heterocycles. The molecular formula is C27H32N2O6. The summed E-state index contributed by atoms with van der Waals surface area (Å²) in [5.74, 6) is 0.197. The van der Waals surface area contributed by atoms with Gasteiger partial charge in [0.25, 0.3) is 5.91 Å². The van der Waals surface area contributed by atoms with Crippen molar-refractivity contribution in [3.05, 3.63) is 60.2 Å². The van der Waals surface area contributed by atoms with Gasteiger partial charge in [0.2, 0.25) is 5.91 Å². The van der Waals surface area contributed by atoms with Crippen LogP contribution in [0, 0.1) is 0 Å². The molecule has 1 N–H and O–H groups in total. The summed E-state index contributed by atoms with van der Waals surface area (Å²) in [7, 11) is 0. The summed E-state index contributed by atoms with van der Waals surface area (Å²) < 4.78 is 17.0. The van der Waals surface area contributed by atoms with Crippen LogP contribution in [-0.2, 0) is 14.3 Å². The van der Waals surface area contributed by atoms with E-state index in [2.05, 4.69) is 5.32 Å². The molecule has 1 atom stereocenters. The van der Waals surface area contributed by atoms with Crippen molar-refractivity contribution in [2.75, 3.05) is 26.3 Å². The summed E-state index contributed by atoms with van der Waals surface area (Å²) in [4.78, 5) is 39.9. The summed E-state index contributed by atoms with van der Waals surface area (Å²) >= 11 is 0. The predicted molar refractivity (Wildman–Crippen MR) is 129 cm³/mol. The van der Waals surface area contributed by atoms with E-state index in [1.165, 1.54) is 4.90 Å². The van der Waals surface area contributed by atoms with Gasteiger partial charge in [0.15, 0.2) is 0 Å². The van der Waals surface area contributed by atoms with Crippen molar-refractivity contribution < 1.29 is 28.6 Å². The van der Waals surface area contributed by atoms with Gasteiger partial charge >= 0.3 is 5.97 Å². The molecule has 0 spiro atoms. The van der Waals surface area contributed by atoms with Crippen molar-refractivity contribution >= 4 is 17.8 Å². The maximum atomic E-state index is 13.3. The van der Waals surface area contributed by atoms with Crippen LogP contribution in [0.1, 0.15) is 48.9 Å². The van der Waals surface area contributed by atoms with Crippen LogP contribution < -0.4 is 14.8 Å².